The van der Waals surface area contributed by atoms with Crippen molar-refractivity contribution in [2.24, 2.45) is 0 Å². The van der Waals surface area contributed by atoms with Crippen molar-refractivity contribution < 1.29 is 0 Å². The third-order valence-electron chi connectivity index (χ3n) is 20.1. The van der Waals surface area contributed by atoms with Gasteiger partial charge in [-0.2, -0.15) is 0 Å². The SMILES string of the molecule is CC1(C)c2ccccc2-c2ccc(N(c3ccc(-c4ccc(C5(c6ccc(N(c7ccc8c(c7)C(C)(C)c7ccccc7-8)c7ccc8c(c7)C(C)(C)c7ccccc7-8)cc6)CC=CS5)s4)cc3)c3ccc4c(c3)C(C)(C)c3ccccc3-4)cc21. The summed E-state index contributed by atoms with van der Waals surface area (Å²) in [4.78, 5) is 7.62. The Hall–Kier alpha value is -8.41. The van der Waals surface area contributed by atoms with Gasteiger partial charge >= 0.3 is 0 Å². The van der Waals surface area contributed by atoms with Crippen molar-refractivity contribution in [1.82, 2.24) is 0 Å². The molecule has 0 saturated carbocycles. The van der Waals surface area contributed by atoms with Crippen LogP contribution in [-0.4, -0.2) is 0 Å². The van der Waals surface area contributed by atoms with Crippen LogP contribution in [-0.2, 0) is 26.4 Å². The lowest BCUT2D eigenvalue weighted by atomic mass is 9.82. The molecule has 408 valence electrons. The van der Waals surface area contributed by atoms with Gasteiger partial charge in [0.05, 0.1) is 4.75 Å². The third kappa shape index (κ3) is 7.36. The fraction of sp³-hybridized carbons (Fsp3) is 0.175. The topological polar surface area (TPSA) is 6.48 Å². The molecule has 4 heteroatoms. The molecule has 0 spiro atoms. The van der Waals surface area contributed by atoms with Crippen LogP contribution < -0.4 is 9.80 Å². The Morgan fingerprint density at radius 2 is 0.631 bits per heavy atom. The molecule has 0 saturated heterocycles. The molecule has 1 unspecified atom stereocenters. The van der Waals surface area contributed by atoms with Crippen LogP contribution in [0.2, 0.25) is 0 Å². The molecule has 2 heterocycles. The van der Waals surface area contributed by atoms with Crippen molar-refractivity contribution in [2.45, 2.75) is 88.2 Å². The van der Waals surface area contributed by atoms with Crippen LogP contribution in [0.1, 0.15) is 117 Å². The highest BCUT2D eigenvalue weighted by atomic mass is 32.2. The second-order valence-corrected chi connectivity index (χ2v) is 28.3. The zero-order chi connectivity index (χ0) is 57.1. The van der Waals surface area contributed by atoms with E-state index in [1.54, 1.807) is 0 Å². The molecule has 0 radical (unpaired) electrons. The van der Waals surface area contributed by atoms with Crippen LogP contribution in [0.5, 0.6) is 0 Å². The summed E-state index contributed by atoms with van der Waals surface area (Å²) in [5.74, 6) is 0. The molecule has 0 fully saturated rings. The summed E-state index contributed by atoms with van der Waals surface area (Å²) in [6.45, 7) is 19.0. The summed E-state index contributed by atoms with van der Waals surface area (Å²) in [7, 11) is 0. The summed E-state index contributed by atoms with van der Waals surface area (Å²) in [6, 6.07) is 88.1. The summed E-state index contributed by atoms with van der Waals surface area (Å²) in [5.41, 5.74) is 30.7. The van der Waals surface area contributed by atoms with Crippen molar-refractivity contribution >= 4 is 57.2 Å². The molecular weight excluding hydrogens is 1050 g/mol. The number of nitrogens with zero attached hydrogens (tertiary/aromatic N) is 2. The van der Waals surface area contributed by atoms with Gasteiger partial charge in [0, 0.05) is 65.5 Å². The largest absolute Gasteiger partial charge is 0.310 e. The van der Waals surface area contributed by atoms with Crippen LogP contribution in [0.4, 0.5) is 34.1 Å². The maximum absolute atomic E-state index is 2.50. The molecule has 1 aliphatic heterocycles. The number of rotatable bonds is 9. The quantitative estimate of drug-likeness (QED) is 0.142. The summed E-state index contributed by atoms with van der Waals surface area (Å²) in [6.07, 6.45) is 3.29. The first-order chi connectivity index (χ1) is 40.6. The molecule has 4 aliphatic carbocycles. The Morgan fingerprint density at radius 3 is 0.976 bits per heavy atom. The minimum Gasteiger partial charge on any atom is -0.310 e. The predicted octanol–water partition coefficient (Wildman–Crippen LogP) is 22.5. The smallest absolute Gasteiger partial charge is 0.0825 e. The molecule has 1 aromatic heterocycles. The van der Waals surface area contributed by atoms with Gasteiger partial charge in [-0.05, 0) is 197 Å². The van der Waals surface area contributed by atoms with Gasteiger partial charge in [-0.15, -0.1) is 23.1 Å². The number of fused-ring (bicyclic) bond motifs is 12. The molecule has 84 heavy (non-hydrogen) atoms. The van der Waals surface area contributed by atoms with E-state index in [1.165, 1.54) is 133 Å². The van der Waals surface area contributed by atoms with Crippen LogP contribution in [0.15, 0.2) is 242 Å². The van der Waals surface area contributed by atoms with Gasteiger partial charge in [0.25, 0.3) is 0 Å². The van der Waals surface area contributed by atoms with E-state index in [1.807, 2.05) is 23.1 Å². The molecule has 16 rings (SSSR count). The zero-order valence-electron chi connectivity index (χ0n) is 49.0. The Kier molecular flexibility index (Phi) is 11.2. The maximum Gasteiger partial charge on any atom is 0.0825 e. The number of anilines is 6. The van der Waals surface area contributed by atoms with E-state index in [9.17, 15) is 0 Å². The number of thiophene rings is 1. The fourth-order valence-corrected chi connectivity index (χ4v) is 18.0. The van der Waals surface area contributed by atoms with Crippen LogP contribution in [0.25, 0.3) is 54.9 Å². The summed E-state index contributed by atoms with van der Waals surface area (Å²) < 4.78 is -0.238. The van der Waals surface area contributed by atoms with Crippen molar-refractivity contribution in [1.29, 1.82) is 0 Å². The molecule has 0 N–H and O–H groups in total. The Labute approximate surface area is 503 Å². The lowest BCUT2D eigenvalue weighted by Gasteiger charge is -2.31. The second kappa shape index (κ2) is 18.3. The predicted molar refractivity (Wildman–Crippen MR) is 358 cm³/mol. The molecule has 1 atom stereocenters. The number of allylic oxidation sites excluding steroid dienone is 1. The second-order valence-electron chi connectivity index (χ2n) is 26.1. The third-order valence-corrected chi connectivity index (χ3v) is 22.9. The molecule has 11 aromatic rings. The van der Waals surface area contributed by atoms with Crippen LogP contribution >= 0.6 is 23.1 Å². The molecule has 2 nitrogen and oxygen atoms in total. The average Bonchev–Trinajstić information content (AvgIpc) is 1.91. The minimum atomic E-state index is -0.238. The fourth-order valence-electron chi connectivity index (χ4n) is 15.5. The Bertz CT molecular complexity index is 4340. The van der Waals surface area contributed by atoms with E-state index in [0.29, 0.717) is 0 Å². The van der Waals surface area contributed by atoms with E-state index in [2.05, 4.69) is 307 Å². The summed E-state index contributed by atoms with van der Waals surface area (Å²) >= 11 is 3.88. The van der Waals surface area contributed by atoms with Gasteiger partial charge < -0.3 is 9.80 Å². The van der Waals surface area contributed by atoms with Crippen molar-refractivity contribution in [2.75, 3.05) is 9.80 Å². The van der Waals surface area contributed by atoms with Gasteiger partial charge in [-0.1, -0.05) is 207 Å². The zero-order valence-corrected chi connectivity index (χ0v) is 50.6. The number of thioether (sulfide) groups is 1. The first kappa shape index (κ1) is 51.2. The van der Waals surface area contributed by atoms with E-state index in [4.69, 9.17) is 0 Å². The standard InChI is InChI=1S/C80H66N2S2/c1-76(2)66-22-13-9-18-58(66)62-38-34-54(46-70(62)76)81(55-35-39-63-59-19-10-14-23-67(59)77(3,4)71(63)47-55)52-30-26-50(27-31-52)74-42-43-75(84-74)80(44-17-45-83-80)51-28-32-53(33-29-51)82(56-36-40-64-60-20-11-15-24-68(60)78(5,6)72(64)48-56)57-37-41-65-61-21-12-16-25-69(61)79(7,8)73(65)49-57/h9-43,45-49H,44H2,1-8H3. The van der Waals surface area contributed by atoms with Crippen LogP contribution in [0.3, 0.4) is 0 Å². The number of hydrogen-bond acceptors (Lipinski definition) is 4. The average molecular weight is 1120 g/mol. The van der Waals surface area contributed by atoms with E-state index in [-0.39, 0.29) is 26.4 Å². The highest BCUT2D eigenvalue weighted by molar-refractivity contribution is 8.03. The van der Waals surface area contributed by atoms with Crippen molar-refractivity contribution in [3.05, 3.63) is 297 Å². The molecule has 5 aliphatic rings. The highest BCUT2D eigenvalue weighted by Crippen LogP contribution is 2.58. The summed E-state index contributed by atoms with van der Waals surface area (Å²) in [5, 5.41) is 2.31. The normalized spacial score (nSPS) is 17.8. The Balaban J connectivity index is 0.748. The van der Waals surface area contributed by atoms with E-state index >= 15 is 0 Å². The first-order valence-electron chi connectivity index (χ1n) is 29.8. The lowest BCUT2D eigenvalue weighted by Crippen LogP contribution is -2.20. The monoisotopic (exact) mass is 1120 g/mol. The van der Waals surface area contributed by atoms with Gasteiger partial charge in [-0.3, -0.25) is 0 Å². The van der Waals surface area contributed by atoms with Crippen molar-refractivity contribution in [3.8, 4) is 54.9 Å². The number of benzene rings is 10. The lowest BCUT2D eigenvalue weighted by molar-refractivity contribution is 0.659. The molecule has 0 bridgehead atoms. The maximum atomic E-state index is 2.50. The van der Waals surface area contributed by atoms with Crippen molar-refractivity contribution in [3.63, 3.8) is 0 Å². The molecule has 0 amide bonds. The highest BCUT2D eigenvalue weighted by Gasteiger charge is 2.42. The van der Waals surface area contributed by atoms with Gasteiger partial charge in [0.1, 0.15) is 0 Å². The Morgan fingerprint density at radius 1 is 0.310 bits per heavy atom. The first-order valence-corrected chi connectivity index (χ1v) is 31.5. The molecular formula is C80H66N2S2. The van der Waals surface area contributed by atoms with Gasteiger partial charge in [-0.25, -0.2) is 0 Å². The van der Waals surface area contributed by atoms with Gasteiger partial charge in [0.2, 0.25) is 0 Å². The van der Waals surface area contributed by atoms with Crippen LogP contribution in [0, 0.1) is 0 Å². The minimum absolute atomic E-state index is 0.120. The van der Waals surface area contributed by atoms with E-state index < -0.39 is 0 Å². The number of hydrogen-bond donors (Lipinski definition) is 0. The van der Waals surface area contributed by atoms with E-state index in [0.717, 1.165) is 17.8 Å². The van der Waals surface area contributed by atoms with Gasteiger partial charge in [0.15, 0.2) is 0 Å². The molecule has 10 aromatic carbocycles.